The van der Waals surface area contributed by atoms with Crippen LogP contribution < -0.4 is 0 Å². The van der Waals surface area contributed by atoms with Crippen LogP contribution in [0.3, 0.4) is 0 Å². The largest absolute Gasteiger partial charge is 0.0838 e. The highest BCUT2D eigenvalue weighted by molar-refractivity contribution is 5.09. The molecule has 0 heterocycles. The molecule has 0 N–H and O–H groups in total. The quantitative estimate of drug-likeness (QED) is 0.478. The highest BCUT2D eigenvalue weighted by Gasteiger charge is 1.80. The summed E-state index contributed by atoms with van der Waals surface area (Å²) in [5, 5.41) is 0. The molecule has 0 rings (SSSR count). The molecule has 0 bridgehead atoms. The maximum Gasteiger partial charge on any atom is -0.0199 e. The third kappa shape index (κ3) is 2.62. The lowest BCUT2D eigenvalue weighted by molar-refractivity contribution is 1.13. The van der Waals surface area contributed by atoms with Crippen molar-refractivity contribution in [2.24, 2.45) is 0 Å². The van der Waals surface area contributed by atoms with Gasteiger partial charge in [0.25, 0.3) is 0 Å². The van der Waals surface area contributed by atoms with E-state index in [1.165, 1.54) is 5.57 Å². The van der Waals surface area contributed by atoms with E-state index in [-0.39, 0.29) is 0 Å². The number of hydrogen-bond acceptors (Lipinski definition) is 0. The normalized spacial score (nSPS) is 13.1. The average molecular weight is 109 g/mol. The van der Waals surface area contributed by atoms with Crippen LogP contribution in [-0.2, 0) is 0 Å². The van der Waals surface area contributed by atoms with Crippen LogP contribution in [0, 0.1) is 6.08 Å². The smallest absolute Gasteiger partial charge is 0.0199 e. The Labute approximate surface area is 51.9 Å². The molecule has 0 saturated carbocycles. The Hall–Kier alpha value is -0.520. The van der Waals surface area contributed by atoms with Gasteiger partial charge in [-0.3, -0.25) is 0 Å². The van der Waals surface area contributed by atoms with Crippen LogP contribution in [0.2, 0.25) is 0 Å². The number of rotatable bonds is 2. The second kappa shape index (κ2) is 4.63. The van der Waals surface area contributed by atoms with Crippen molar-refractivity contribution in [2.45, 2.75) is 27.2 Å². The summed E-state index contributed by atoms with van der Waals surface area (Å²) in [4.78, 5) is 0. The van der Waals surface area contributed by atoms with E-state index in [4.69, 9.17) is 0 Å². The van der Waals surface area contributed by atoms with Crippen molar-refractivity contribution < 1.29 is 0 Å². The molecule has 0 aliphatic heterocycles. The number of hydrogen-bond donors (Lipinski definition) is 0. The van der Waals surface area contributed by atoms with Gasteiger partial charge in [-0.05, 0) is 31.9 Å². The Morgan fingerprint density at radius 2 is 2.12 bits per heavy atom. The van der Waals surface area contributed by atoms with Gasteiger partial charge in [-0.15, -0.1) is 0 Å². The van der Waals surface area contributed by atoms with Crippen molar-refractivity contribution in [3.8, 4) is 0 Å². The minimum Gasteiger partial charge on any atom is -0.0838 e. The zero-order chi connectivity index (χ0) is 6.41. The topological polar surface area (TPSA) is 0 Å². The molecule has 0 aromatic rings. The van der Waals surface area contributed by atoms with Crippen LogP contribution in [0.4, 0.5) is 0 Å². The van der Waals surface area contributed by atoms with Crippen LogP contribution in [-0.4, -0.2) is 0 Å². The third-order valence-corrected chi connectivity index (χ3v) is 1.06. The zero-order valence-electron chi connectivity index (χ0n) is 5.86. The lowest BCUT2D eigenvalue weighted by atomic mass is 10.2. The summed E-state index contributed by atoms with van der Waals surface area (Å²) in [6, 6.07) is 0. The van der Waals surface area contributed by atoms with E-state index < -0.39 is 0 Å². The molecular formula is C8H13. The molecule has 45 valence electrons. The predicted octanol–water partition coefficient (Wildman–Crippen LogP) is 2.72. The van der Waals surface area contributed by atoms with Crippen molar-refractivity contribution in [2.75, 3.05) is 0 Å². The predicted molar refractivity (Wildman–Crippen MR) is 37.5 cm³/mol. The van der Waals surface area contributed by atoms with Gasteiger partial charge in [-0.2, -0.15) is 0 Å². The van der Waals surface area contributed by atoms with E-state index in [0.29, 0.717) is 0 Å². The summed E-state index contributed by atoms with van der Waals surface area (Å²) in [5.41, 5.74) is 1.28. The highest BCUT2D eigenvalue weighted by atomic mass is 13.9. The summed E-state index contributed by atoms with van der Waals surface area (Å²) in [7, 11) is 0. The Kier molecular flexibility index (Phi) is 4.33. The summed E-state index contributed by atoms with van der Waals surface area (Å²) in [6.07, 6.45) is 8.23. The molecule has 0 nitrogen and oxygen atoms in total. The first kappa shape index (κ1) is 7.48. The Morgan fingerprint density at radius 1 is 1.50 bits per heavy atom. The Morgan fingerprint density at radius 3 is 2.25 bits per heavy atom. The molecule has 0 aliphatic carbocycles. The first-order chi connectivity index (χ1) is 3.85. The summed E-state index contributed by atoms with van der Waals surface area (Å²) in [5.74, 6) is 0. The summed E-state index contributed by atoms with van der Waals surface area (Å²) < 4.78 is 0. The molecule has 0 heteroatoms. The van der Waals surface area contributed by atoms with E-state index in [1.807, 2.05) is 19.9 Å². The van der Waals surface area contributed by atoms with E-state index in [2.05, 4.69) is 19.1 Å². The molecule has 0 saturated heterocycles. The standard InChI is InChI=1S/C8H13/c1-4-7-8(5-2)6-3/h4-5H,6H2,1-3H3. The summed E-state index contributed by atoms with van der Waals surface area (Å²) in [6.45, 7) is 6.15. The molecule has 0 amide bonds. The zero-order valence-corrected chi connectivity index (χ0v) is 5.86. The van der Waals surface area contributed by atoms with Crippen LogP contribution in [0.5, 0.6) is 0 Å². The fraction of sp³-hybridized carbons (Fsp3) is 0.500. The van der Waals surface area contributed by atoms with E-state index in [9.17, 15) is 0 Å². The molecule has 0 aromatic heterocycles. The first-order valence-electron chi connectivity index (χ1n) is 3.04. The van der Waals surface area contributed by atoms with Gasteiger partial charge >= 0.3 is 0 Å². The monoisotopic (exact) mass is 109 g/mol. The third-order valence-electron chi connectivity index (χ3n) is 1.06. The highest BCUT2D eigenvalue weighted by Crippen LogP contribution is 1.98. The van der Waals surface area contributed by atoms with E-state index >= 15 is 0 Å². The SMILES string of the molecule is CC=[C]C(=CC)CC. The van der Waals surface area contributed by atoms with Gasteiger partial charge in [-0.1, -0.05) is 19.1 Å². The van der Waals surface area contributed by atoms with E-state index in [0.717, 1.165) is 6.42 Å². The van der Waals surface area contributed by atoms with Gasteiger partial charge < -0.3 is 0 Å². The molecule has 0 aromatic carbocycles. The molecule has 8 heavy (non-hydrogen) atoms. The van der Waals surface area contributed by atoms with Gasteiger partial charge in [0.1, 0.15) is 0 Å². The Balaban J connectivity index is 3.72. The van der Waals surface area contributed by atoms with Crippen LogP contribution in [0.25, 0.3) is 0 Å². The van der Waals surface area contributed by atoms with Crippen LogP contribution in [0.15, 0.2) is 17.7 Å². The summed E-state index contributed by atoms with van der Waals surface area (Å²) >= 11 is 0. The average Bonchev–Trinajstić information content (AvgIpc) is 1.83. The van der Waals surface area contributed by atoms with Crippen LogP contribution in [0.1, 0.15) is 27.2 Å². The van der Waals surface area contributed by atoms with Gasteiger partial charge in [0.2, 0.25) is 0 Å². The molecule has 0 unspecified atom stereocenters. The minimum atomic E-state index is 1.08. The van der Waals surface area contributed by atoms with Crippen LogP contribution >= 0.6 is 0 Å². The van der Waals surface area contributed by atoms with Crippen molar-refractivity contribution >= 4 is 0 Å². The van der Waals surface area contributed by atoms with Gasteiger partial charge in [0, 0.05) is 0 Å². The maximum atomic E-state index is 3.12. The fourth-order valence-electron chi connectivity index (χ4n) is 0.575. The molecule has 0 atom stereocenters. The van der Waals surface area contributed by atoms with Crippen molar-refractivity contribution in [1.29, 1.82) is 0 Å². The lowest BCUT2D eigenvalue weighted by Crippen LogP contribution is -1.70. The van der Waals surface area contributed by atoms with Gasteiger partial charge in [0.05, 0.1) is 0 Å². The Bertz CT molecular complexity index is 93.9. The molecule has 0 spiro atoms. The molecular weight excluding hydrogens is 96.1 g/mol. The minimum absolute atomic E-state index is 1.08. The first-order valence-corrected chi connectivity index (χ1v) is 3.04. The van der Waals surface area contributed by atoms with Gasteiger partial charge in [-0.25, -0.2) is 0 Å². The maximum absolute atomic E-state index is 3.12. The molecule has 0 aliphatic rings. The van der Waals surface area contributed by atoms with E-state index in [1.54, 1.807) is 0 Å². The van der Waals surface area contributed by atoms with Gasteiger partial charge in [0.15, 0.2) is 0 Å². The molecule has 1 radical (unpaired) electrons. The lowest BCUT2D eigenvalue weighted by Gasteiger charge is -1.89. The molecule has 0 fully saturated rings. The van der Waals surface area contributed by atoms with Crippen molar-refractivity contribution in [3.05, 3.63) is 23.8 Å². The van der Waals surface area contributed by atoms with Crippen molar-refractivity contribution in [3.63, 3.8) is 0 Å². The van der Waals surface area contributed by atoms with Crippen molar-refractivity contribution in [1.82, 2.24) is 0 Å². The second-order valence-corrected chi connectivity index (χ2v) is 1.60. The second-order valence-electron chi connectivity index (χ2n) is 1.60. The number of allylic oxidation sites excluding steroid dienone is 4. The fourth-order valence-corrected chi connectivity index (χ4v) is 0.575.